The summed E-state index contributed by atoms with van der Waals surface area (Å²) in [6.45, 7) is 1.62. The zero-order chi connectivity index (χ0) is 14.0. The monoisotopic (exact) mass is 263 g/mol. The Morgan fingerprint density at radius 3 is 2.26 bits per heavy atom. The predicted molar refractivity (Wildman–Crippen MR) is 64.4 cm³/mol. The van der Waals surface area contributed by atoms with Gasteiger partial charge in [0.1, 0.15) is 0 Å². The molecule has 1 aliphatic rings. The van der Waals surface area contributed by atoms with Gasteiger partial charge in [0, 0.05) is 6.42 Å². The lowest BCUT2D eigenvalue weighted by Crippen LogP contribution is -2.33. The lowest BCUT2D eigenvalue weighted by atomic mass is 10.1. The van der Waals surface area contributed by atoms with Crippen molar-refractivity contribution in [1.29, 1.82) is 0 Å². The van der Waals surface area contributed by atoms with Gasteiger partial charge in [-0.15, -0.1) is 5.06 Å². The number of carboxylic acids is 1. The largest absolute Gasteiger partial charge is 0.481 e. The number of carbonyl (C=O) groups excluding carboxylic acids is 2. The minimum atomic E-state index is -0.946. The average Bonchev–Trinajstić information content (AvgIpc) is 2.62. The van der Waals surface area contributed by atoms with Crippen molar-refractivity contribution in [3.05, 3.63) is 35.4 Å². The fourth-order valence-electron chi connectivity index (χ4n) is 1.82. The van der Waals surface area contributed by atoms with Gasteiger partial charge in [-0.1, -0.05) is 12.1 Å². The number of imide groups is 1. The van der Waals surface area contributed by atoms with E-state index in [2.05, 4.69) is 0 Å². The second-order valence-corrected chi connectivity index (χ2v) is 4.30. The van der Waals surface area contributed by atoms with E-state index in [1.807, 2.05) is 0 Å². The average molecular weight is 263 g/mol. The second kappa shape index (κ2) is 5.19. The molecule has 0 aliphatic carbocycles. The Labute approximate surface area is 109 Å². The molecule has 0 radical (unpaired) electrons. The van der Waals surface area contributed by atoms with Crippen LogP contribution in [0.2, 0.25) is 0 Å². The number of nitrogens with zero attached hydrogens (tertiary/aromatic N) is 1. The molecule has 0 bridgehead atoms. The highest BCUT2D eigenvalue weighted by Gasteiger charge is 2.37. The molecule has 1 heterocycles. The summed E-state index contributed by atoms with van der Waals surface area (Å²) < 4.78 is 0. The number of benzene rings is 1. The standard InChI is InChI=1S/C13H13NO5/c1-8(6-7-11(15)16)19-14-12(17)9-4-2-3-5-10(9)13(14)18/h2-5,8H,6-7H2,1H3,(H,15,16). The van der Waals surface area contributed by atoms with Gasteiger partial charge in [-0.2, -0.15) is 0 Å². The number of hydrogen-bond acceptors (Lipinski definition) is 4. The van der Waals surface area contributed by atoms with Gasteiger partial charge in [-0.05, 0) is 25.5 Å². The Morgan fingerprint density at radius 2 is 1.79 bits per heavy atom. The van der Waals surface area contributed by atoms with Gasteiger partial charge >= 0.3 is 5.97 Å². The fraction of sp³-hybridized carbons (Fsp3) is 0.308. The Morgan fingerprint density at radius 1 is 1.26 bits per heavy atom. The van der Waals surface area contributed by atoms with Crippen molar-refractivity contribution >= 4 is 17.8 Å². The first-order valence-electron chi connectivity index (χ1n) is 5.87. The molecule has 0 saturated heterocycles. The van der Waals surface area contributed by atoms with Crippen LogP contribution in [0.5, 0.6) is 0 Å². The van der Waals surface area contributed by atoms with Crippen LogP contribution in [-0.2, 0) is 9.63 Å². The highest BCUT2D eigenvalue weighted by molar-refractivity contribution is 6.20. The number of amides is 2. The maximum absolute atomic E-state index is 11.9. The van der Waals surface area contributed by atoms with Gasteiger partial charge < -0.3 is 5.11 Å². The second-order valence-electron chi connectivity index (χ2n) is 4.30. The SMILES string of the molecule is CC(CCC(=O)O)ON1C(=O)c2ccccc2C1=O. The van der Waals surface area contributed by atoms with Crippen LogP contribution in [0.4, 0.5) is 0 Å². The third-order valence-electron chi connectivity index (χ3n) is 2.81. The molecule has 1 unspecified atom stereocenters. The number of aliphatic carboxylic acids is 1. The summed E-state index contributed by atoms with van der Waals surface area (Å²) in [5, 5.41) is 9.27. The van der Waals surface area contributed by atoms with Crippen LogP contribution in [0.1, 0.15) is 40.5 Å². The maximum atomic E-state index is 11.9. The van der Waals surface area contributed by atoms with Crippen LogP contribution in [0, 0.1) is 0 Å². The van der Waals surface area contributed by atoms with Crippen LogP contribution in [0.25, 0.3) is 0 Å². The minimum Gasteiger partial charge on any atom is -0.481 e. The van der Waals surface area contributed by atoms with Gasteiger partial charge in [0.25, 0.3) is 11.8 Å². The van der Waals surface area contributed by atoms with E-state index >= 15 is 0 Å². The molecule has 1 aromatic carbocycles. The molecule has 100 valence electrons. The van der Waals surface area contributed by atoms with Crippen molar-refractivity contribution in [3.63, 3.8) is 0 Å². The Balaban J connectivity index is 2.06. The molecule has 2 rings (SSSR count). The smallest absolute Gasteiger partial charge is 0.303 e. The number of fused-ring (bicyclic) bond motifs is 1. The molecule has 19 heavy (non-hydrogen) atoms. The summed E-state index contributed by atoms with van der Waals surface area (Å²) in [6, 6.07) is 6.45. The molecular weight excluding hydrogens is 250 g/mol. The van der Waals surface area contributed by atoms with Crippen LogP contribution < -0.4 is 0 Å². The zero-order valence-corrected chi connectivity index (χ0v) is 10.3. The summed E-state index contributed by atoms with van der Waals surface area (Å²) in [4.78, 5) is 39.6. The molecular formula is C13H13NO5. The lowest BCUT2D eigenvalue weighted by Gasteiger charge is -2.18. The molecule has 0 fully saturated rings. The molecule has 0 spiro atoms. The summed E-state index contributed by atoms with van der Waals surface area (Å²) in [7, 11) is 0. The molecule has 1 aromatic rings. The topological polar surface area (TPSA) is 83.9 Å². The first-order chi connectivity index (χ1) is 9.00. The number of carbonyl (C=O) groups is 3. The summed E-state index contributed by atoms with van der Waals surface area (Å²) >= 11 is 0. The zero-order valence-electron chi connectivity index (χ0n) is 10.3. The third kappa shape index (κ3) is 2.63. The Bertz CT molecular complexity index is 505. The molecule has 6 heteroatoms. The van der Waals surface area contributed by atoms with E-state index < -0.39 is 23.9 Å². The van der Waals surface area contributed by atoms with Gasteiger partial charge in [-0.25, -0.2) is 0 Å². The molecule has 0 saturated carbocycles. The molecule has 2 amide bonds. The summed E-state index contributed by atoms with van der Waals surface area (Å²) in [6.07, 6.45) is -0.383. The van der Waals surface area contributed by atoms with Crippen molar-refractivity contribution < 1.29 is 24.3 Å². The van der Waals surface area contributed by atoms with E-state index in [4.69, 9.17) is 9.94 Å². The summed E-state index contributed by atoms with van der Waals surface area (Å²) in [5.74, 6) is -1.97. The number of hydrogen-bond donors (Lipinski definition) is 1. The number of carboxylic acid groups (broad SMARTS) is 1. The third-order valence-corrected chi connectivity index (χ3v) is 2.81. The normalized spacial score (nSPS) is 15.5. The Kier molecular flexibility index (Phi) is 3.62. The lowest BCUT2D eigenvalue weighted by molar-refractivity contribution is -0.143. The van der Waals surface area contributed by atoms with Crippen molar-refractivity contribution in [1.82, 2.24) is 5.06 Å². The van der Waals surface area contributed by atoms with Crippen LogP contribution in [0.3, 0.4) is 0 Å². The highest BCUT2D eigenvalue weighted by atomic mass is 16.7. The van der Waals surface area contributed by atoms with Gasteiger partial charge in [0.05, 0.1) is 17.2 Å². The van der Waals surface area contributed by atoms with Gasteiger partial charge in [0.15, 0.2) is 0 Å². The van der Waals surface area contributed by atoms with Crippen molar-refractivity contribution in [3.8, 4) is 0 Å². The predicted octanol–water partition coefficient (Wildman–Crippen LogP) is 1.47. The van der Waals surface area contributed by atoms with Gasteiger partial charge in [-0.3, -0.25) is 19.2 Å². The Hall–Kier alpha value is -2.21. The molecule has 1 N–H and O–H groups in total. The highest BCUT2D eigenvalue weighted by Crippen LogP contribution is 2.23. The van der Waals surface area contributed by atoms with E-state index in [0.29, 0.717) is 16.2 Å². The quantitative estimate of drug-likeness (QED) is 0.813. The maximum Gasteiger partial charge on any atom is 0.303 e. The summed E-state index contributed by atoms with van der Waals surface area (Å²) in [5.41, 5.74) is 0.607. The fourth-order valence-corrected chi connectivity index (χ4v) is 1.82. The van der Waals surface area contributed by atoms with Crippen LogP contribution >= 0.6 is 0 Å². The number of rotatable bonds is 5. The number of hydroxylamine groups is 2. The molecule has 1 atom stereocenters. The van der Waals surface area contributed by atoms with Crippen LogP contribution in [0.15, 0.2) is 24.3 Å². The molecule has 0 aromatic heterocycles. The van der Waals surface area contributed by atoms with Gasteiger partial charge in [0.2, 0.25) is 0 Å². The van der Waals surface area contributed by atoms with Crippen molar-refractivity contribution in [2.24, 2.45) is 0 Å². The molecule has 6 nitrogen and oxygen atoms in total. The van der Waals surface area contributed by atoms with E-state index in [1.165, 1.54) is 0 Å². The minimum absolute atomic E-state index is 0.0790. The van der Waals surface area contributed by atoms with Crippen LogP contribution in [-0.4, -0.2) is 34.1 Å². The van der Waals surface area contributed by atoms with E-state index in [0.717, 1.165) is 0 Å². The van der Waals surface area contributed by atoms with E-state index in [9.17, 15) is 14.4 Å². The molecule has 1 aliphatic heterocycles. The van der Waals surface area contributed by atoms with E-state index in [-0.39, 0.29) is 12.8 Å². The van der Waals surface area contributed by atoms with E-state index in [1.54, 1.807) is 31.2 Å². The first kappa shape index (κ1) is 13.2. The van der Waals surface area contributed by atoms with Crippen molar-refractivity contribution in [2.45, 2.75) is 25.9 Å². The first-order valence-corrected chi connectivity index (χ1v) is 5.87. The van der Waals surface area contributed by atoms with Crippen molar-refractivity contribution in [2.75, 3.05) is 0 Å².